The SMILES string of the molecule is CCCCC1(CN2CCC(F)(F)C2)CC1. The Morgan fingerprint density at radius 3 is 2.40 bits per heavy atom. The Kier molecular flexibility index (Phi) is 3.02. The van der Waals surface area contributed by atoms with Crippen LogP contribution in [0.25, 0.3) is 0 Å². The molecule has 1 saturated carbocycles. The molecule has 88 valence electrons. The summed E-state index contributed by atoms with van der Waals surface area (Å²) >= 11 is 0. The summed E-state index contributed by atoms with van der Waals surface area (Å²) < 4.78 is 26.0. The van der Waals surface area contributed by atoms with Crippen LogP contribution >= 0.6 is 0 Å². The van der Waals surface area contributed by atoms with Crippen LogP contribution in [0.15, 0.2) is 0 Å². The number of alkyl halides is 2. The molecular formula is C12H21F2N. The summed E-state index contributed by atoms with van der Waals surface area (Å²) in [5.74, 6) is -2.42. The highest BCUT2D eigenvalue weighted by Crippen LogP contribution is 2.51. The van der Waals surface area contributed by atoms with E-state index in [1.54, 1.807) is 0 Å². The lowest BCUT2D eigenvalue weighted by Gasteiger charge is -2.22. The standard InChI is InChI=1S/C12H21F2N/c1-2-3-4-11(5-6-11)9-15-8-7-12(13,14)10-15/h2-10H2,1H3. The molecule has 2 rings (SSSR count). The molecule has 0 unspecified atom stereocenters. The van der Waals surface area contributed by atoms with Gasteiger partial charge in [-0.1, -0.05) is 19.8 Å². The Labute approximate surface area is 90.8 Å². The molecular weight excluding hydrogens is 196 g/mol. The van der Waals surface area contributed by atoms with Crippen LogP contribution < -0.4 is 0 Å². The highest BCUT2D eigenvalue weighted by atomic mass is 19.3. The van der Waals surface area contributed by atoms with Gasteiger partial charge in [-0.2, -0.15) is 0 Å². The molecule has 15 heavy (non-hydrogen) atoms. The molecule has 0 spiro atoms. The van der Waals surface area contributed by atoms with Gasteiger partial charge in [0.15, 0.2) is 0 Å². The zero-order valence-electron chi connectivity index (χ0n) is 9.57. The van der Waals surface area contributed by atoms with Gasteiger partial charge < -0.3 is 0 Å². The molecule has 0 aromatic heterocycles. The second-order valence-electron chi connectivity index (χ2n) is 5.42. The van der Waals surface area contributed by atoms with E-state index in [0.29, 0.717) is 12.0 Å². The predicted octanol–water partition coefficient (Wildman–Crippen LogP) is 3.30. The van der Waals surface area contributed by atoms with Gasteiger partial charge in [-0.05, 0) is 24.7 Å². The maximum atomic E-state index is 13.0. The first kappa shape index (κ1) is 11.3. The zero-order chi connectivity index (χ0) is 10.9. The minimum atomic E-state index is -2.42. The van der Waals surface area contributed by atoms with Crippen LogP contribution in [0, 0.1) is 5.41 Å². The lowest BCUT2D eigenvalue weighted by atomic mass is 9.99. The third-order valence-electron chi connectivity index (χ3n) is 3.83. The molecule has 1 aliphatic heterocycles. The van der Waals surface area contributed by atoms with Crippen molar-refractivity contribution in [2.75, 3.05) is 19.6 Å². The smallest absolute Gasteiger partial charge is 0.261 e. The van der Waals surface area contributed by atoms with Gasteiger partial charge >= 0.3 is 0 Å². The second kappa shape index (κ2) is 4.00. The van der Waals surface area contributed by atoms with Gasteiger partial charge in [0, 0.05) is 19.5 Å². The van der Waals surface area contributed by atoms with E-state index in [1.165, 1.54) is 32.1 Å². The van der Waals surface area contributed by atoms with Crippen LogP contribution in [0.2, 0.25) is 0 Å². The van der Waals surface area contributed by atoms with Crippen LogP contribution in [-0.4, -0.2) is 30.5 Å². The fourth-order valence-corrected chi connectivity index (χ4v) is 2.63. The number of nitrogens with zero attached hydrogens (tertiary/aromatic N) is 1. The van der Waals surface area contributed by atoms with Gasteiger partial charge in [0.05, 0.1) is 6.54 Å². The molecule has 1 nitrogen and oxygen atoms in total. The van der Waals surface area contributed by atoms with Crippen molar-refractivity contribution in [1.82, 2.24) is 4.90 Å². The largest absolute Gasteiger partial charge is 0.297 e. The minimum Gasteiger partial charge on any atom is -0.297 e. The van der Waals surface area contributed by atoms with Crippen LogP contribution in [0.1, 0.15) is 45.4 Å². The summed E-state index contributed by atoms with van der Waals surface area (Å²) in [7, 11) is 0. The number of hydrogen-bond donors (Lipinski definition) is 0. The first-order chi connectivity index (χ1) is 7.05. The molecule has 2 aliphatic rings. The zero-order valence-corrected chi connectivity index (χ0v) is 9.57. The van der Waals surface area contributed by atoms with Crippen molar-refractivity contribution in [3.63, 3.8) is 0 Å². The maximum Gasteiger partial charge on any atom is 0.261 e. The van der Waals surface area contributed by atoms with Gasteiger partial charge in [0.2, 0.25) is 0 Å². The second-order valence-corrected chi connectivity index (χ2v) is 5.42. The van der Waals surface area contributed by atoms with Crippen molar-refractivity contribution >= 4 is 0 Å². The quantitative estimate of drug-likeness (QED) is 0.683. The summed E-state index contributed by atoms with van der Waals surface area (Å²) in [4.78, 5) is 1.97. The van der Waals surface area contributed by atoms with Crippen molar-refractivity contribution in [2.24, 2.45) is 5.41 Å². The minimum absolute atomic E-state index is 0.000868. The summed E-state index contributed by atoms with van der Waals surface area (Å²) in [6.45, 7) is 3.71. The Bertz CT molecular complexity index is 224. The average Bonchev–Trinajstić information content (AvgIpc) is 2.83. The van der Waals surface area contributed by atoms with E-state index >= 15 is 0 Å². The average molecular weight is 217 g/mol. The normalized spacial score (nSPS) is 28.2. The van der Waals surface area contributed by atoms with Gasteiger partial charge in [0.25, 0.3) is 5.92 Å². The first-order valence-electron chi connectivity index (χ1n) is 6.16. The molecule has 0 N–H and O–H groups in total. The van der Waals surface area contributed by atoms with Crippen LogP contribution in [0.3, 0.4) is 0 Å². The van der Waals surface area contributed by atoms with Crippen molar-refractivity contribution < 1.29 is 8.78 Å². The van der Waals surface area contributed by atoms with Crippen molar-refractivity contribution in [3.8, 4) is 0 Å². The number of hydrogen-bond acceptors (Lipinski definition) is 1. The van der Waals surface area contributed by atoms with Gasteiger partial charge in [-0.3, -0.25) is 4.90 Å². The lowest BCUT2D eigenvalue weighted by molar-refractivity contribution is 0.0102. The molecule has 0 aromatic rings. The molecule has 1 aliphatic carbocycles. The van der Waals surface area contributed by atoms with Crippen LogP contribution in [0.4, 0.5) is 8.78 Å². The van der Waals surface area contributed by atoms with Crippen LogP contribution in [-0.2, 0) is 0 Å². The third-order valence-corrected chi connectivity index (χ3v) is 3.83. The van der Waals surface area contributed by atoms with Crippen LogP contribution in [0.5, 0.6) is 0 Å². The maximum absolute atomic E-state index is 13.0. The molecule has 0 bridgehead atoms. The topological polar surface area (TPSA) is 3.24 Å². The van der Waals surface area contributed by atoms with E-state index in [2.05, 4.69) is 6.92 Å². The van der Waals surface area contributed by atoms with Crippen molar-refractivity contribution in [1.29, 1.82) is 0 Å². The highest BCUT2D eigenvalue weighted by molar-refractivity contribution is 4.97. The van der Waals surface area contributed by atoms with Gasteiger partial charge in [-0.15, -0.1) is 0 Å². The van der Waals surface area contributed by atoms with E-state index in [1.807, 2.05) is 4.90 Å². The Morgan fingerprint density at radius 1 is 1.20 bits per heavy atom. The summed E-state index contributed by atoms with van der Waals surface area (Å²) in [5.41, 5.74) is 0.427. The molecule has 2 fully saturated rings. The molecule has 0 radical (unpaired) electrons. The molecule has 1 heterocycles. The van der Waals surface area contributed by atoms with E-state index in [-0.39, 0.29) is 13.0 Å². The molecule has 0 amide bonds. The summed E-state index contributed by atoms with van der Waals surface area (Å²) in [6.07, 6.45) is 6.30. The van der Waals surface area contributed by atoms with E-state index in [0.717, 1.165) is 6.54 Å². The Hall–Kier alpha value is -0.180. The number of halogens is 2. The number of unbranched alkanes of at least 4 members (excludes halogenated alkanes) is 1. The highest BCUT2D eigenvalue weighted by Gasteiger charge is 2.46. The molecule has 0 atom stereocenters. The van der Waals surface area contributed by atoms with Gasteiger partial charge in [-0.25, -0.2) is 8.78 Å². The monoisotopic (exact) mass is 217 g/mol. The lowest BCUT2D eigenvalue weighted by Crippen LogP contribution is -2.31. The summed E-state index contributed by atoms with van der Waals surface area (Å²) in [6, 6.07) is 0. The Balaban J connectivity index is 1.77. The fourth-order valence-electron chi connectivity index (χ4n) is 2.63. The van der Waals surface area contributed by atoms with Gasteiger partial charge in [0.1, 0.15) is 0 Å². The van der Waals surface area contributed by atoms with Crippen molar-refractivity contribution in [3.05, 3.63) is 0 Å². The molecule has 0 aromatic carbocycles. The van der Waals surface area contributed by atoms with E-state index in [9.17, 15) is 8.78 Å². The summed E-state index contributed by atoms with van der Waals surface area (Å²) in [5, 5.41) is 0. The third kappa shape index (κ3) is 2.90. The molecule has 3 heteroatoms. The fraction of sp³-hybridized carbons (Fsp3) is 1.00. The molecule has 1 saturated heterocycles. The first-order valence-corrected chi connectivity index (χ1v) is 6.16. The van der Waals surface area contributed by atoms with E-state index in [4.69, 9.17) is 0 Å². The van der Waals surface area contributed by atoms with Crippen molar-refractivity contribution in [2.45, 2.75) is 51.4 Å². The predicted molar refractivity (Wildman–Crippen MR) is 57.2 cm³/mol. The van der Waals surface area contributed by atoms with E-state index < -0.39 is 5.92 Å². The Morgan fingerprint density at radius 2 is 1.93 bits per heavy atom. The number of rotatable bonds is 5. The number of likely N-dealkylation sites (tertiary alicyclic amines) is 1.